The number of phenolic OH excluding ortho intramolecular Hbond substituents is 1. The fraction of sp³-hybridized carbons (Fsp3) is 0.400. The highest BCUT2D eigenvalue weighted by molar-refractivity contribution is 5.85. The molecule has 2 N–H and O–H groups in total. The van der Waals surface area contributed by atoms with E-state index in [1.807, 2.05) is 18.2 Å². The zero-order chi connectivity index (χ0) is 19.8. The van der Waals surface area contributed by atoms with E-state index in [0.717, 1.165) is 54.5 Å². The van der Waals surface area contributed by atoms with Gasteiger partial charge in [0, 0.05) is 35.4 Å². The molecular formula is C25H28Cl2N2O2. The van der Waals surface area contributed by atoms with E-state index in [0.29, 0.717) is 6.42 Å². The molecule has 1 saturated heterocycles. The van der Waals surface area contributed by atoms with Crippen molar-refractivity contribution in [2.45, 2.75) is 49.7 Å². The molecular weight excluding hydrogens is 431 g/mol. The lowest BCUT2D eigenvalue weighted by Crippen LogP contribution is -2.74. The summed E-state index contributed by atoms with van der Waals surface area (Å²) in [6.07, 6.45) is 3.07. The largest absolute Gasteiger partial charge is 0.508 e. The van der Waals surface area contributed by atoms with E-state index in [2.05, 4.69) is 36.1 Å². The normalized spacial score (nSPS) is 28.5. The lowest BCUT2D eigenvalue weighted by molar-refractivity contribution is -0.150. The topological polar surface area (TPSA) is 56.6 Å². The molecule has 0 saturated carbocycles. The number of hydrogen-bond acceptors (Lipinski definition) is 4. The predicted octanol–water partition coefficient (Wildman–Crippen LogP) is 4.20. The van der Waals surface area contributed by atoms with Crippen LogP contribution in [-0.4, -0.2) is 44.8 Å². The summed E-state index contributed by atoms with van der Waals surface area (Å²) in [5, 5.41) is 23.8. The maximum Gasteiger partial charge on any atom is 0.115 e. The van der Waals surface area contributed by atoms with Gasteiger partial charge in [-0.05, 0) is 66.9 Å². The molecule has 3 atom stereocenters. The molecule has 1 aromatic heterocycles. The summed E-state index contributed by atoms with van der Waals surface area (Å²) in [7, 11) is 0. The van der Waals surface area contributed by atoms with E-state index in [1.54, 1.807) is 6.07 Å². The van der Waals surface area contributed by atoms with Crippen molar-refractivity contribution in [2.75, 3.05) is 13.1 Å². The van der Waals surface area contributed by atoms with Crippen LogP contribution < -0.4 is 0 Å². The number of likely N-dealkylation sites (N-methyl/N-ethyl adjacent to an activating group) is 1. The number of rotatable bonds is 1. The minimum Gasteiger partial charge on any atom is -0.508 e. The first-order chi connectivity index (χ1) is 14.0. The molecule has 2 aromatic carbocycles. The van der Waals surface area contributed by atoms with Gasteiger partial charge < -0.3 is 10.2 Å². The number of pyridine rings is 1. The zero-order valence-electron chi connectivity index (χ0n) is 17.5. The minimum absolute atomic E-state index is 0. The third-order valence-corrected chi connectivity index (χ3v) is 7.90. The summed E-state index contributed by atoms with van der Waals surface area (Å²) in [6, 6.07) is 16.3. The molecule has 6 rings (SSSR count). The minimum atomic E-state index is -0.848. The van der Waals surface area contributed by atoms with Crippen LogP contribution >= 0.6 is 24.8 Å². The van der Waals surface area contributed by atoms with E-state index in [9.17, 15) is 10.2 Å². The van der Waals surface area contributed by atoms with Crippen molar-refractivity contribution >= 4 is 35.7 Å². The molecule has 1 aliphatic heterocycles. The number of nitrogens with zero attached hydrogens (tertiary/aromatic N) is 2. The van der Waals surface area contributed by atoms with Gasteiger partial charge in [0.1, 0.15) is 5.75 Å². The molecule has 2 bridgehead atoms. The van der Waals surface area contributed by atoms with Crippen molar-refractivity contribution in [1.82, 2.24) is 9.88 Å². The number of phenols is 1. The third kappa shape index (κ3) is 2.92. The van der Waals surface area contributed by atoms with Crippen LogP contribution in [0.3, 0.4) is 0 Å². The Morgan fingerprint density at radius 3 is 2.68 bits per heavy atom. The second kappa shape index (κ2) is 7.63. The SMILES string of the molecule is CCN1CC[C@]23Cc4nc5ccccc5cc4C[C@@]2(O)[C@H]1Cc1ccc(O)cc13.Cl.Cl. The Bertz CT molecular complexity index is 1150. The van der Waals surface area contributed by atoms with E-state index < -0.39 is 11.0 Å². The molecule has 0 unspecified atom stereocenters. The number of hydrogen-bond donors (Lipinski definition) is 2. The van der Waals surface area contributed by atoms with Crippen molar-refractivity contribution < 1.29 is 10.2 Å². The van der Waals surface area contributed by atoms with E-state index in [1.165, 1.54) is 11.1 Å². The van der Waals surface area contributed by atoms with Crippen LogP contribution in [0.2, 0.25) is 0 Å². The van der Waals surface area contributed by atoms with Crippen molar-refractivity contribution in [2.24, 2.45) is 0 Å². The van der Waals surface area contributed by atoms with Crippen molar-refractivity contribution in [3.05, 3.63) is 70.9 Å². The van der Waals surface area contributed by atoms with Crippen LogP contribution in [0.15, 0.2) is 48.5 Å². The van der Waals surface area contributed by atoms with E-state index in [-0.39, 0.29) is 36.6 Å². The van der Waals surface area contributed by atoms with Gasteiger partial charge in [-0.15, -0.1) is 24.8 Å². The van der Waals surface area contributed by atoms with Gasteiger partial charge in [0.15, 0.2) is 0 Å². The van der Waals surface area contributed by atoms with Gasteiger partial charge in [0.05, 0.1) is 11.1 Å². The highest BCUT2D eigenvalue weighted by atomic mass is 35.5. The van der Waals surface area contributed by atoms with Gasteiger partial charge in [-0.2, -0.15) is 0 Å². The lowest BCUT2D eigenvalue weighted by atomic mass is 9.49. The number of para-hydroxylation sites is 1. The number of fused-ring (bicyclic) bond motifs is 3. The van der Waals surface area contributed by atoms with Gasteiger partial charge >= 0.3 is 0 Å². The fourth-order valence-corrected chi connectivity index (χ4v) is 6.47. The molecule has 1 fully saturated rings. The standard InChI is InChI=1S/C25H26N2O2.2ClH/c1-2-27-10-9-24-15-22-18(11-17-5-3-4-6-21(17)26-22)14-25(24,29)23(27)12-16-7-8-19(28)13-20(16)24;;/h3-8,11,13,23,28-29H,2,9-10,12,14-15H2,1H3;2*1H/t23-,24-,25-;;/m1../s1. The molecule has 4 nitrogen and oxygen atoms in total. The van der Waals surface area contributed by atoms with Crippen LogP contribution in [0.1, 0.15) is 35.7 Å². The van der Waals surface area contributed by atoms with Crippen LogP contribution in [0, 0.1) is 0 Å². The van der Waals surface area contributed by atoms with Crippen LogP contribution in [0.25, 0.3) is 10.9 Å². The van der Waals surface area contributed by atoms with Crippen LogP contribution in [-0.2, 0) is 24.7 Å². The first-order valence-electron chi connectivity index (χ1n) is 10.7. The number of benzene rings is 2. The highest BCUT2D eigenvalue weighted by Gasteiger charge is 2.64. The number of aromatic nitrogens is 1. The maximum atomic E-state index is 12.4. The van der Waals surface area contributed by atoms with Gasteiger partial charge in [-0.1, -0.05) is 31.2 Å². The first kappa shape index (κ1) is 22.3. The second-order valence-corrected chi connectivity index (χ2v) is 9.09. The number of piperidine rings is 1. The smallest absolute Gasteiger partial charge is 0.115 e. The van der Waals surface area contributed by atoms with Crippen molar-refractivity contribution in [3.8, 4) is 5.75 Å². The Hall–Kier alpha value is -1.85. The predicted molar refractivity (Wildman–Crippen MR) is 128 cm³/mol. The number of likely N-dealkylation sites (tertiary alicyclic amines) is 1. The molecule has 0 amide bonds. The Morgan fingerprint density at radius 1 is 1.06 bits per heavy atom. The summed E-state index contributed by atoms with van der Waals surface area (Å²) >= 11 is 0. The summed E-state index contributed by atoms with van der Waals surface area (Å²) in [5.74, 6) is 0.286. The van der Waals surface area contributed by atoms with Gasteiger partial charge in [0.2, 0.25) is 0 Å². The monoisotopic (exact) mass is 458 g/mol. The average molecular weight is 459 g/mol. The quantitative estimate of drug-likeness (QED) is 0.573. The zero-order valence-corrected chi connectivity index (χ0v) is 19.2. The first-order valence-corrected chi connectivity index (χ1v) is 10.7. The molecule has 0 radical (unpaired) electrons. The molecule has 3 aliphatic rings. The average Bonchev–Trinajstić information content (AvgIpc) is 2.71. The van der Waals surface area contributed by atoms with Gasteiger partial charge in [-0.3, -0.25) is 9.88 Å². The summed E-state index contributed by atoms with van der Waals surface area (Å²) < 4.78 is 0. The molecule has 31 heavy (non-hydrogen) atoms. The Kier molecular flexibility index (Phi) is 5.50. The number of aliphatic hydroxyl groups is 1. The van der Waals surface area contributed by atoms with Crippen LogP contribution in [0.4, 0.5) is 0 Å². The summed E-state index contributed by atoms with van der Waals surface area (Å²) in [6.45, 7) is 4.11. The molecule has 164 valence electrons. The molecule has 2 aliphatic carbocycles. The third-order valence-electron chi connectivity index (χ3n) is 7.90. The van der Waals surface area contributed by atoms with Gasteiger partial charge in [-0.25, -0.2) is 0 Å². The lowest BCUT2D eigenvalue weighted by Gasteiger charge is -2.63. The molecule has 0 spiro atoms. The summed E-state index contributed by atoms with van der Waals surface area (Å²) in [4.78, 5) is 7.48. The highest BCUT2D eigenvalue weighted by Crippen LogP contribution is 2.57. The van der Waals surface area contributed by atoms with Crippen molar-refractivity contribution in [1.29, 1.82) is 0 Å². The number of aromatic hydroxyl groups is 1. The van der Waals surface area contributed by atoms with E-state index >= 15 is 0 Å². The van der Waals surface area contributed by atoms with Crippen LogP contribution in [0.5, 0.6) is 5.75 Å². The Labute approximate surface area is 195 Å². The molecule has 3 aromatic rings. The second-order valence-electron chi connectivity index (χ2n) is 9.09. The Morgan fingerprint density at radius 2 is 1.87 bits per heavy atom. The molecule has 6 heteroatoms. The Balaban J connectivity index is 0.00000116. The fourth-order valence-electron chi connectivity index (χ4n) is 6.47. The summed E-state index contributed by atoms with van der Waals surface area (Å²) in [5.41, 5.74) is 4.45. The maximum absolute atomic E-state index is 12.4. The van der Waals surface area contributed by atoms with Crippen molar-refractivity contribution in [3.63, 3.8) is 0 Å². The number of halogens is 2. The van der Waals surface area contributed by atoms with Gasteiger partial charge in [0.25, 0.3) is 0 Å². The molecule has 2 heterocycles. The van der Waals surface area contributed by atoms with E-state index in [4.69, 9.17) is 4.98 Å².